The number of hydrogen-bond acceptors (Lipinski definition) is 2. The summed E-state index contributed by atoms with van der Waals surface area (Å²) in [6.45, 7) is -0.404. The van der Waals surface area contributed by atoms with Crippen LogP contribution in [0.3, 0.4) is 0 Å². The lowest BCUT2D eigenvalue weighted by molar-refractivity contribution is -0.135. The van der Waals surface area contributed by atoms with Gasteiger partial charge in [-0.1, -0.05) is 39.9 Å². The van der Waals surface area contributed by atoms with Crippen LogP contribution in [0.25, 0.3) is 0 Å². The first kappa shape index (κ1) is 13.3. The predicted octanol–water partition coefficient (Wildman–Crippen LogP) is 1.25. The zero-order valence-corrected chi connectivity index (χ0v) is 10.5. The molecule has 0 aromatic heterocycles. The summed E-state index contributed by atoms with van der Waals surface area (Å²) in [5, 5.41) is 11.3. The lowest BCUT2D eigenvalue weighted by Crippen LogP contribution is -2.29. The van der Waals surface area contributed by atoms with E-state index in [-0.39, 0.29) is 0 Å². The van der Waals surface area contributed by atoms with Crippen LogP contribution in [0.15, 0.2) is 24.3 Å². The maximum Gasteiger partial charge on any atom is 0.322 e. The highest BCUT2D eigenvalue weighted by Gasteiger charge is 2.10. The van der Waals surface area contributed by atoms with Crippen molar-refractivity contribution in [2.45, 2.75) is 0 Å². The van der Waals surface area contributed by atoms with Gasteiger partial charge in [0.1, 0.15) is 6.54 Å². The van der Waals surface area contributed by atoms with Crippen molar-refractivity contribution in [2.75, 3.05) is 11.9 Å². The van der Waals surface area contributed by atoms with Crippen molar-refractivity contribution in [3.63, 3.8) is 0 Å². The highest BCUT2D eigenvalue weighted by Crippen LogP contribution is 2.07. The highest BCUT2D eigenvalue weighted by atomic mass is 79.9. The van der Waals surface area contributed by atoms with E-state index >= 15 is 0 Å². The Morgan fingerprint density at radius 1 is 1.35 bits per heavy atom. The zero-order chi connectivity index (χ0) is 12.7. The van der Waals surface area contributed by atoms with E-state index in [0.29, 0.717) is 16.5 Å². The molecule has 1 rings (SSSR count). The van der Waals surface area contributed by atoms with Crippen LogP contribution in [0, 0.1) is 11.8 Å². The van der Waals surface area contributed by atoms with Gasteiger partial charge in [-0.3, -0.25) is 9.59 Å². The largest absolute Gasteiger partial charge is 0.480 e. The molecule has 88 valence electrons. The van der Waals surface area contributed by atoms with Gasteiger partial charge in [-0.25, -0.2) is 0 Å². The normalized spacial score (nSPS) is 9.00. The number of alkyl halides is 1. The molecule has 4 nitrogen and oxygen atoms in total. The number of aliphatic carboxylic acids is 1. The number of benzene rings is 1. The Kier molecular flexibility index (Phi) is 5.24. The molecule has 1 aromatic carbocycles. The van der Waals surface area contributed by atoms with Crippen molar-refractivity contribution in [3.8, 4) is 11.8 Å². The molecule has 0 heterocycles. The Bertz CT molecular complexity index is 488. The van der Waals surface area contributed by atoms with Crippen molar-refractivity contribution in [3.05, 3.63) is 35.4 Å². The Morgan fingerprint density at radius 2 is 2.06 bits per heavy atom. The summed E-state index contributed by atoms with van der Waals surface area (Å²) in [5.74, 6) is 4.10. The number of nitrogens with one attached hydrogen (secondary N) is 1. The van der Waals surface area contributed by atoms with Gasteiger partial charge in [0.2, 0.25) is 0 Å². The summed E-state index contributed by atoms with van der Waals surface area (Å²) in [5.41, 5.74) is 0.956. The number of carbonyl (C=O) groups is 2. The van der Waals surface area contributed by atoms with Crippen molar-refractivity contribution in [1.29, 1.82) is 0 Å². The maximum atomic E-state index is 11.7. The molecule has 0 bridgehead atoms. The lowest BCUT2D eigenvalue weighted by atomic mass is 10.1. The van der Waals surface area contributed by atoms with Crippen LogP contribution in [0.4, 0.5) is 0 Å². The van der Waals surface area contributed by atoms with Crippen LogP contribution in [0.1, 0.15) is 15.9 Å². The van der Waals surface area contributed by atoms with Gasteiger partial charge < -0.3 is 10.4 Å². The fraction of sp³-hybridized carbons (Fsp3) is 0.167. The van der Waals surface area contributed by atoms with Crippen LogP contribution in [-0.2, 0) is 4.79 Å². The topological polar surface area (TPSA) is 66.4 Å². The third-order valence-corrected chi connectivity index (χ3v) is 2.14. The van der Waals surface area contributed by atoms with E-state index in [0.717, 1.165) is 0 Å². The molecule has 1 amide bonds. The molecule has 0 fully saturated rings. The third-order valence-electron chi connectivity index (χ3n) is 1.86. The fourth-order valence-electron chi connectivity index (χ4n) is 1.17. The molecule has 2 N–H and O–H groups in total. The van der Waals surface area contributed by atoms with E-state index < -0.39 is 18.4 Å². The molecule has 0 aliphatic heterocycles. The van der Waals surface area contributed by atoms with Gasteiger partial charge in [-0.2, -0.15) is 0 Å². The monoisotopic (exact) mass is 295 g/mol. The summed E-state index contributed by atoms with van der Waals surface area (Å²) in [7, 11) is 0. The van der Waals surface area contributed by atoms with Crippen LogP contribution < -0.4 is 5.32 Å². The van der Waals surface area contributed by atoms with E-state index in [1.54, 1.807) is 24.3 Å². The van der Waals surface area contributed by atoms with Crippen LogP contribution in [-0.4, -0.2) is 28.9 Å². The van der Waals surface area contributed by atoms with Gasteiger partial charge in [0.25, 0.3) is 5.91 Å². The van der Waals surface area contributed by atoms with E-state index in [1.165, 1.54) is 0 Å². The van der Waals surface area contributed by atoms with E-state index in [1.807, 2.05) is 0 Å². The van der Waals surface area contributed by atoms with Crippen molar-refractivity contribution in [2.24, 2.45) is 0 Å². The minimum absolute atomic E-state index is 0.377. The third kappa shape index (κ3) is 4.29. The van der Waals surface area contributed by atoms with Crippen LogP contribution in [0.5, 0.6) is 0 Å². The molecule has 1 aromatic rings. The SMILES string of the molecule is O=C(O)CNC(=O)c1ccccc1C#CCBr. The van der Waals surface area contributed by atoms with Gasteiger partial charge >= 0.3 is 5.97 Å². The maximum absolute atomic E-state index is 11.7. The standard InChI is InChI=1S/C12H10BrNO3/c13-7-3-5-9-4-1-2-6-10(9)12(17)14-8-11(15)16/h1-2,4,6H,7-8H2,(H,14,17)(H,15,16). The second-order valence-electron chi connectivity index (χ2n) is 3.06. The van der Waals surface area contributed by atoms with Crippen LogP contribution in [0.2, 0.25) is 0 Å². The first-order valence-corrected chi connectivity index (χ1v) is 5.91. The molecule has 5 heteroatoms. The zero-order valence-electron chi connectivity index (χ0n) is 8.87. The molecule has 17 heavy (non-hydrogen) atoms. The van der Waals surface area contributed by atoms with Crippen LogP contribution >= 0.6 is 15.9 Å². The molecule has 0 unspecified atom stereocenters. The molecular formula is C12H10BrNO3. The molecule has 0 radical (unpaired) electrons. The van der Waals surface area contributed by atoms with Gasteiger partial charge in [-0.15, -0.1) is 0 Å². The number of hydrogen-bond donors (Lipinski definition) is 2. The van der Waals surface area contributed by atoms with E-state index in [9.17, 15) is 9.59 Å². The smallest absolute Gasteiger partial charge is 0.322 e. The second kappa shape index (κ2) is 6.71. The Labute approximate surface area is 107 Å². The van der Waals surface area contributed by atoms with Crippen molar-refractivity contribution >= 4 is 27.8 Å². The highest BCUT2D eigenvalue weighted by molar-refractivity contribution is 9.09. The Balaban J connectivity index is 2.89. The quantitative estimate of drug-likeness (QED) is 0.651. The van der Waals surface area contributed by atoms with E-state index in [2.05, 4.69) is 33.1 Å². The molecule has 0 saturated carbocycles. The number of amides is 1. The number of carboxylic acid groups (broad SMARTS) is 1. The summed E-state index contributed by atoms with van der Waals surface area (Å²) in [6.07, 6.45) is 0. The number of carboxylic acids is 1. The molecule has 0 spiro atoms. The minimum Gasteiger partial charge on any atom is -0.480 e. The van der Waals surface area contributed by atoms with Gasteiger partial charge in [0.05, 0.1) is 10.9 Å². The van der Waals surface area contributed by atoms with Crippen molar-refractivity contribution in [1.82, 2.24) is 5.32 Å². The number of rotatable bonds is 3. The second-order valence-corrected chi connectivity index (χ2v) is 3.62. The summed E-state index contributed by atoms with van der Waals surface area (Å²) >= 11 is 3.17. The molecular weight excluding hydrogens is 286 g/mol. The number of halogens is 1. The minimum atomic E-state index is -1.08. The molecule has 0 saturated heterocycles. The van der Waals surface area contributed by atoms with Crippen molar-refractivity contribution < 1.29 is 14.7 Å². The van der Waals surface area contributed by atoms with Gasteiger partial charge in [0, 0.05) is 5.56 Å². The van der Waals surface area contributed by atoms with E-state index in [4.69, 9.17) is 5.11 Å². The Hall–Kier alpha value is -1.80. The fourth-order valence-corrected chi connectivity index (χ4v) is 1.31. The Morgan fingerprint density at radius 3 is 2.71 bits per heavy atom. The predicted molar refractivity (Wildman–Crippen MR) is 67.1 cm³/mol. The first-order valence-electron chi connectivity index (χ1n) is 4.79. The van der Waals surface area contributed by atoms with Gasteiger partial charge in [0.15, 0.2) is 0 Å². The molecule has 0 aliphatic rings. The first-order chi connectivity index (χ1) is 8.15. The average molecular weight is 296 g/mol. The lowest BCUT2D eigenvalue weighted by Gasteiger charge is -2.04. The summed E-state index contributed by atoms with van der Waals surface area (Å²) in [6, 6.07) is 6.79. The average Bonchev–Trinajstić information content (AvgIpc) is 2.33. The van der Waals surface area contributed by atoms with Gasteiger partial charge in [-0.05, 0) is 12.1 Å². The molecule has 0 atom stereocenters. The summed E-state index contributed by atoms with van der Waals surface area (Å²) < 4.78 is 0. The molecule has 0 aliphatic carbocycles. The summed E-state index contributed by atoms with van der Waals surface area (Å²) in [4.78, 5) is 22.0. The number of carbonyl (C=O) groups excluding carboxylic acids is 1.